The van der Waals surface area contributed by atoms with Crippen LogP contribution in [0.5, 0.6) is 0 Å². The Kier molecular flexibility index (Phi) is 11.4. The number of nitrogen functional groups attached to an aromatic ring is 1. The van der Waals surface area contributed by atoms with Crippen molar-refractivity contribution in [1.29, 1.82) is 0 Å². The fourth-order valence-corrected chi connectivity index (χ4v) is 8.95. The number of benzene rings is 2. The first-order valence-corrected chi connectivity index (χ1v) is 19.2. The van der Waals surface area contributed by atoms with Gasteiger partial charge >= 0.3 is 18.3 Å². The van der Waals surface area contributed by atoms with Crippen molar-refractivity contribution in [3.05, 3.63) is 58.1 Å². The van der Waals surface area contributed by atoms with Crippen LogP contribution in [-0.2, 0) is 28.5 Å². The highest BCUT2D eigenvalue weighted by Gasteiger charge is 2.45. The lowest BCUT2D eigenvalue weighted by molar-refractivity contribution is -0.143. The number of fused-ring (bicyclic) bond motifs is 1. The molecule has 1 atom stereocenters. The first-order chi connectivity index (χ1) is 25.3. The lowest BCUT2D eigenvalue weighted by Gasteiger charge is -2.57. The zero-order valence-corrected chi connectivity index (χ0v) is 32.6. The lowest BCUT2D eigenvalue weighted by Crippen LogP contribution is -2.69. The van der Waals surface area contributed by atoms with E-state index in [2.05, 4.69) is 49.9 Å². The van der Waals surface area contributed by atoms with Crippen molar-refractivity contribution >= 4 is 41.0 Å². The van der Waals surface area contributed by atoms with Crippen LogP contribution in [0.2, 0.25) is 5.02 Å². The topological polar surface area (TPSA) is 115 Å². The molecule has 2 aromatic carbocycles. The van der Waals surface area contributed by atoms with Crippen LogP contribution < -0.4 is 11.1 Å². The van der Waals surface area contributed by atoms with Crippen LogP contribution in [0.1, 0.15) is 70.1 Å². The molecule has 11 nitrogen and oxygen atoms in total. The van der Waals surface area contributed by atoms with Crippen molar-refractivity contribution < 1.29 is 32.3 Å². The van der Waals surface area contributed by atoms with E-state index in [1.807, 2.05) is 29.2 Å². The number of ether oxygens (including phenoxy) is 1. The average Bonchev–Trinajstić information content (AvgIpc) is 3.28. The smallest absolute Gasteiger partial charge is 0.418 e. The standard InChI is InChI=1S/C39H53ClF3N7O4/c1-37(2)23-49(24-38(3,4)46(37)5)27-11-15-47(16-12-27)34(51)32(22-25-20-29(39(41,42)43)33(44)30(40)21-25)54-36(53)48-17-13-28(14-18-48)50-19-10-26-8-6-7-9-31(26)45-35(50)52/h6-9,20-21,27-28,32H,10-19,22-24,44H2,1-5H3,(H,45,52). The van der Waals surface area contributed by atoms with Gasteiger partial charge in [-0.15, -0.1) is 0 Å². The van der Waals surface area contributed by atoms with Crippen molar-refractivity contribution in [3.63, 3.8) is 0 Å². The summed E-state index contributed by atoms with van der Waals surface area (Å²) in [5.41, 5.74) is 5.84. The van der Waals surface area contributed by atoms with E-state index in [1.165, 1.54) is 11.0 Å². The largest absolute Gasteiger partial charge is 0.436 e. The average molecular weight is 776 g/mol. The molecule has 3 N–H and O–H groups in total. The highest BCUT2D eigenvalue weighted by molar-refractivity contribution is 6.33. The molecule has 0 bridgehead atoms. The number of nitrogens with zero attached hydrogens (tertiary/aromatic N) is 5. The second-order valence-electron chi connectivity index (χ2n) is 16.5. The number of likely N-dealkylation sites (N-methyl/N-ethyl adjacent to an activating group) is 1. The van der Waals surface area contributed by atoms with Gasteiger partial charge in [0.05, 0.1) is 16.3 Å². The van der Waals surface area contributed by atoms with Crippen molar-refractivity contribution in [2.45, 2.75) is 102 Å². The van der Waals surface area contributed by atoms with Crippen LogP contribution in [0.3, 0.4) is 0 Å². The van der Waals surface area contributed by atoms with Crippen molar-refractivity contribution in [2.24, 2.45) is 0 Å². The molecule has 0 saturated carbocycles. The predicted octanol–water partition coefficient (Wildman–Crippen LogP) is 6.34. The number of alkyl halides is 3. The summed E-state index contributed by atoms with van der Waals surface area (Å²) >= 11 is 6.15. The van der Waals surface area contributed by atoms with Gasteiger partial charge in [-0.3, -0.25) is 14.6 Å². The number of hydrogen-bond donors (Lipinski definition) is 2. The Hall–Kier alpha value is -3.75. The van der Waals surface area contributed by atoms with Crippen LogP contribution in [-0.4, -0.2) is 125 Å². The Bertz CT molecular complexity index is 1710. The molecule has 0 aliphatic carbocycles. The third-order valence-corrected chi connectivity index (χ3v) is 12.3. The number of carbonyl (C=O) groups excluding carboxylic acids is 3. The van der Waals surface area contributed by atoms with E-state index in [-0.39, 0.29) is 59.3 Å². The fourth-order valence-electron chi connectivity index (χ4n) is 8.71. The predicted molar refractivity (Wildman–Crippen MR) is 202 cm³/mol. The van der Waals surface area contributed by atoms with Gasteiger partial charge in [0.1, 0.15) is 0 Å². The second-order valence-corrected chi connectivity index (χ2v) is 16.9. The van der Waals surface area contributed by atoms with Gasteiger partial charge in [-0.05, 0) is 96.2 Å². The molecule has 296 valence electrons. The molecule has 4 heterocycles. The first-order valence-electron chi connectivity index (χ1n) is 18.9. The van der Waals surface area contributed by atoms with Gasteiger partial charge in [-0.25, -0.2) is 9.59 Å². The molecule has 1 unspecified atom stereocenters. The summed E-state index contributed by atoms with van der Waals surface area (Å²) in [6, 6.07) is 9.83. The number of piperazine rings is 1. The van der Waals surface area contributed by atoms with Gasteiger partial charge in [0.15, 0.2) is 6.10 Å². The molecule has 0 radical (unpaired) electrons. The number of nitrogens with one attached hydrogen (secondary N) is 1. The number of nitrogens with two attached hydrogens (primary N) is 1. The molecule has 15 heteroatoms. The highest BCUT2D eigenvalue weighted by Crippen LogP contribution is 2.39. The molecule has 3 fully saturated rings. The quantitative estimate of drug-likeness (QED) is 0.330. The molecule has 54 heavy (non-hydrogen) atoms. The zero-order chi connectivity index (χ0) is 39.2. The molecule has 0 aromatic heterocycles. The van der Waals surface area contributed by atoms with Gasteiger partial charge in [-0.2, -0.15) is 13.2 Å². The molecule has 4 aliphatic heterocycles. The molecule has 3 saturated heterocycles. The van der Waals surface area contributed by atoms with E-state index in [0.717, 1.165) is 43.2 Å². The van der Waals surface area contributed by atoms with E-state index in [1.54, 1.807) is 4.90 Å². The van der Waals surface area contributed by atoms with Crippen molar-refractivity contribution in [2.75, 3.05) is 63.9 Å². The van der Waals surface area contributed by atoms with Crippen LogP contribution in [0.15, 0.2) is 36.4 Å². The third kappa shape index (κ3) is 8.55. The molecular weight excluding hydrogens is 723 g/mol. The monoisotopic (exact) mass is 775 g/mol. The third-order valence-electron chi connectivity index (χ3n) is 12.0. The van der Waals surface area contributed by atoms with Crippen LogP contribution in [0, 0.1) is 0 Å². The van der Waals surface area contributed by atoms with Crippen molar-refractivity contribution in [3.8, 4) is 0 Å². The normalized spacial score (nSPS) is 22.3. The highest BCUT2D eigenvalue weighted by atomic mass is 35.5. The maximum Gasteiger partial charge on any atom is 0.418 e. The summed E-state index contributed by atoms with van der Waals surface area (Å²) in [6.07, 6.45) is -4.04. The fraction of sp³-hybridized carbons (Fsp3) is 0.615. The van der Waals surface area contributed by atoms with E-state index in [0.29, 0.717) is 38.9 Å². The minimum absolute atomic E-state index is 0.0382. The Morgan fingerprint density at radius 1 is 0.944 bits per heavy atom. The first kappa shape index (κ1) is 39.9. The number of para-hydroxylation sites is 1. The number of likely N-dealkylation sites (tertiary alicyclic amines) is 2. The summed E-state index contributed by atoms with van der Waals surface area (Å²) < 4.78 is 47.6. The van der Waals surface area contributed by atoms with Crippen molar-refractivity contribution in [1.82, 2.24) is 24.5 Å². The SMILES string of the molecule is CN1C(C)(C)CN(C2CCN(C(=O)C(Cc3cc(Cl)c(N)c(C(F)(F)F)c3)OC(=O)N3CCC(N4CCc5ccccc5NC4=O)CC3)CC2)CC1(C)C. The molecule has 2 aromatic rings. The zero-order valence-electron chi connectivity index (χ0n) is 31.8. The summed E-state index contributed by atoms with van der Waals surface area (Å²) in [5.74, 6) is -0.460. The Labute approximate surface area is 320 Å². The van der Waals surface area contributed by atoms with Crippen LogP contribution >= 0.6 is 11.6 Å². The number of carbonyl (C=O) groups is 3. The maximum atomic E-state index is 14.2. The van der Waals surface area contributed by atoms with Gasteiger partial charge in [0, 0.05) is 81.1 Å². The summed E-state index contributed by atoms with van der Waals surface area (Å²) in [4.78, 5) is 50.9. The molecule has 4 aliphatic rings. The van der Waals surface area contributed by atoms with Gasteiger partial charge < -0.3 is 30.5 Å². The number of amides is 4. The maximum absolute atomic E-state index is 14.2. The van der Waals surface area contributed by atoms with Gasteiger partial charge in [0.25, 0.3) is 5.91 Å². The van der Waals surface area contributed by atoms with Gasteiger partial charge in [0.2, 0.25) is 0 Å². The number of anilines is 2. The lowest BCUT2D eigenvalue weighted by atomic mass is 9.86. The van der Waals surface area contributed by atoms with E-state index < -0.39 is 35.5 Å². The molecule has 4 amide bonds. The Morgan fingerprint density at radius 2 is 1.54 bits per heavy atom. The minimum atomic E-state index is -4.77. The Morgan fingerprint density at radius 3 is 2.17 bits per heavy atom. The second kappa shape index (κ2) is 15.4. The molecule has 0 spiro atoms. The summed E-state index contributed by atoms with van der Waals surface area (Å²) in [5, 5.41) is 2.70. The summed E-state index contributed by atoms with van der Waals surface area (Å²) in [6.45, 7) is 12.7. The number of halogens is 4. The van der Waals surface area contributed by atoms with E-state index in [4.69, 9.17) is 22.1 Å². The Balaban J connectivity index is 1.13. The number of piperidine rings is 2. The summed E-state index contributed by atoms with van der Waals surface area (Å²) in [7, 11) is 2.15. The molecule has 6 rings (SSSR count). The van der Waals surface area contributed by atoms with E-state index >= 15 is 0 Å². The number of urea groups is 1. The van der Waals surface area contributed by atoms with Crippen LogP contribution in [0.25, 0.3) is 0 Å². The van der Waals surface area contributed by atoms with Gasteiger partial charge in [-0.1, -0.05) is 29.8 Å². The minimum Gasteiger partial charge on any atom is -0.436 e. The van der Waals surface area contributed by atoms with E-state index in [9.17, 15) is 27.6 Å². The van der Waals surface area contributed by atoms with Crippen LogP contribution in [0.4, 0.5) is 34.1 Å². The molecular formula is C39H53ClF3N7O4. The number of rotatable bonds is 6. The number of hydrogen-bond acceptors (Lipinski definition) is 7.